The molecule has 0 aliphatic carbocycles. The number of rotatable bonds is 4. The van der Waals surface area contributed by atoms with E-state index in [4.69, 9.17) is 10.7 Å². The van der Waals surface area contributed by atoms with Gasteiger partial charge in [-0.2, -0.15) is 5.10 Å². The Morgan fingerprint density at radius 2 is 2.10 bits per heavy atom. The van der Waals surface area contributed by atoms with Crippen LogP contribution in [0.1, 0.15) is 12.1 Å². The van der Waals surface area contributed by atoms with Gasteiger partial charge >= 0.3 is 0 Å². The molecule has 0 amide bonds. The van der Waals surface area contributed by atoms with Crippen molar-refractivity contribution in [1.29, 1.82) is 0 Å². The number of hydrogen-bond donors (Lipinski definition) is 2. The number of anilines is 1. The Labute approximate surface area is 117 Å². The van der Waals surface area contributed by atoms with Crippen LogP contribution in [0.15, 0.2) is 24.3 Å². The SMILES string of the molecule is Cc1nn(C)c2nc3ccccc3c(NCCCN)c12. The normalized spacial score (nSPS) is 11.3. The summed E-state index contributed by atoms with van der Waals surface area (Å²) in [5.41, 5.74) is 9.59. The van der Waals surface area contributed by atoms with Crippen molar-refractivity contribution in [1.82, 2.24) is 14.8 Å². The number of nitrogens with one attached hydrogen (secondary N) is 1. The van der Waals surface area contributed by atoms with Crippen LogP contribution in [0.2, 0.25) is 0 Å². The molecule has 0 atom stereocenters. The molecule has 0 radical (unpaired) electrons. The molecular weight excluding hydrogens is 250 g/mol. The highest BCUT2D eigenvalue weighted by molar-refractivity contribution is 6.07. The van der Waals surface area contributed by atoms with E-state index < -0.39 is 0 Å². The highest BCUT2D eigenvalue weighted by atomic mass is 15.3. The Bertz CT molecular complexity index is 760. The van der Waals surface area contributed by atoms with E-state index in [1.165, 1.54) is 0 Å². The second-order valence-electron chi connectivity index (χ2n) is 4.98. The van der Waals surface area contributed by atoms with Crippen LogP contribution in [0.5, 0.6) is 0 Å². The van der Waals surface area contributed by atoms with E-state index in [1.807, 2.05) is 36.9 Å². The van der Waals surface area contributed by atoms with Crippen LogP contribution in [0.25, 0.3) is 21.9 Å². The number of para-hydroxylation sites is 1. The van der Waals surface area contributed by atoms with Crippen LogP contribution in [-0.4, -0.2) is 27.9 Å². The molecule has 3 aromatic rings. The third kappa shape index (κ3) is 2.00. The van der Waals surface area contributed by atoms with Crippen LogP contribution in [0, 0.1) is 6.92 Å². The third-order valence-corrected chi connectivity index (χ3v) is 3.52. The van der Waals surface area contributed by atoms with Gasteiger partial charge in [0.25, 0.3) is 0 Å². The molecule has 104 valence electrons. The van der Waals surface area contributed by atoms with Gasteiger partial charge in [0.2, 0.25) is 0 Å². The lowest BCUT2D eigenvalue weighted by Crippen LogP contribution is -2.09. The van der Waals surface area contributed by atoms with Gasteiger partial charge in [0.15, 0.2) is 5.65 Å². The molecule has 2 heterocycles. The average Bonchev–Trinajstić information content (AvgIpc) is 2.73. The maximum Gasteiger partial charge on any atom is 0.160 e. The quantitative estimate of drug-likeness (QED) is 0.712. The molecule has 1 aromatic carbocycles. The van der Waals surface area contributed by atoms with Crippen LogP contribution < -0.4 is 11.1 Å². The lowest BCUT2D eigenvalue weighted by Gasteiger charge is -2.11. The number of hydrogen-bond acceptors (Lipinski definition) is 4. The first kappa shape index (κ1) is 12.9. The minimum Gasteiger partial charge on any atom is -0.384 e. The van der Waals surface area contributed by atoms with Crippen molar-refractivity contribution < 1.29 is 0 Å². The zero-order valence-electron chi connectivity index (χ0n) is 11.8. The largest absolute Gasteiger partial charge is 0.384 e. The number of aryl methyl sites for hydroxylation is 2. The number of nitrogens with two attached hydrogens (primary N) is 1. The third-order valence-electron chi connectivity index (χ3n) is 3.52. The second-order valence-corrected chi connectivity index (χ2v) is 4.98. The van der Waals surface area contributed by atoms with Crippen LogP contribution in [-0.2, 0) is 7.05 Å². The Hall–Kier alpha value is -2.14. The highest BCUT2D eigenvalue weighted by Crippen LogP contribution is 2.32. The van der Waals surface area contributed by atoms with Crippen molar-refractivity contribution in [3.63, 3.8) is 0 Å². The molecule has 0 saturated heterocycles. The maximum absolute atomic E-state index is 5.58. The summed E-state index contributed by atoms with van der Waals surface area (Å²) >= 11 is 0. The average molecular weight is 269 g/mol. The molecule has 0 fully saturated rings. The lowest BCUT2D eigenvalue weighted by molar-refractivity contribution is 0.775. The van der Waals surface area contributed by atoms with Crippen molar-refractivity contribution in [2.75, 3.05) is 18.4 Å². The number of fused-ring (bicyclic) bond motifs is 2. The molecule has 0 aliphatic rings. The second kappa shape index (κ2) is 5.09. The maximum atomic E-state index is 5.58. The Morgan fingerprint density at radius 3 is 2.90 bits per heavy atom. The summed E-state index contributed by atoms with van der Waals surface area (Å²) in [4.78, 5) is 4.72. The molecule has 3 N–H and O–H groups in total. The van der Waals surface area contributed by atoms with Gasteiger partial charge in [0, 0.05) is 19.0 Å². The topological polar surface area (TPSA) is 68.8 Å². The van der Waals surface area contributed by atoms with Crippen molar-refractivity contribution >= 4 is 27.6 Å². The molecule has 0 bridgehead atoms. The van der Waals surface area contributed by atoms with E-state index in [1.54, 1.807) is 0 Å². The van der Waals surface area contributed by atoms with Crippen molar-refractivity contribution in [2.24, 2.45) is 12.8 Å². The molecule has 0 saturated carbocycles. The summed E-state index contributed by atoms with van der Waals surface area (Å²) in [5.74, 6) is 0. The fourth-order valence-electron chi connectivity index (χ4n) is 2.60. The standard InChI is InChI=1S/C15H19N5/c1-10-13-14(17-9-5-8-16)11-6-3-4-7-12(11)18-15(13)20(2)19-10/h3-4,6-7H,5,8-9,16H2,1-2H3,(H,17,18). The van der Waals surface area contributed by atoms with Gasteiger partial charge < -0.3 is 11.1 Å². The molecule has 0 unspecified atom stereocenters. The van der Waals surface area contributed by atoms with E-state index >= 15 is 0 Å². The number of aromatic nitrogens is 3. The van der Waals surface area contributed by atoms with Gasteiger partial charge in [-0.15, -0.1) is 0 Å². The van der Waals surface area contributed by atoms with Crippen molar-refractivity contribution in [2.45, 2.75) is 13.3 Å². The summed E-state index contributed by atoms with van der Waals surface area (Å²) in [5, 5.41) is 10.2. The first-order valence-corrected chi connectivity index (χ1v) is 6.88. The van der Waals surface area contributed by atoms with Crippen LogP contribution >= 0.6 is 0 Å². The zero-order valence-corrected chi connectivity index (χ0v) is 11.8. The summed E-state index contributed by atoms with van der Waals surface area (Å²) in [6.45, 7) is 3.56. The molecule has 0 aliphatic heterocycles. The first-order valence-electron chi connectivity index (χ1n) is 6.88. The van der Waals surface area contributed by atoms with Gasteiger partial charge in [-0.1, -0.05) is 18.2 Å². The fourth-order valence-corrected chi connectivity index (χ4v) is 2.60. The van der Waals surface area contributed by atoms with Crippen LogP contribution in [0.3, 0.4) is 0 Å². The number of nitrogens with zero attached hydrogens (tertiary/aromatic N) is 3. The van der Waals surface area contributed by atoms with E-state index in [9.17, 15) is 0 Å². The predicted octanol–water partition coefficient (Wildman–Crippen LogP) is 2.19. The lowest BCUT2D eigenvalue weighted by atomic mass is 10.1. The first-order chi connectivity index (χ1) is 9.72. The van der Waals surface area contributed by atoms with Crippen LogP contribution in [0.4, 0.5) is 5.69 Å². The Morgan fingerprint density at radius 1 is 1.30 bits per heavy atom. The van der Waals surface area contributed by atoms with Crippen molar-refractivity contribution in [3.05, 3.63) is 30.0 Å². The van der Waals surface area contributed by atoms with Gasteiger partial charge in [-0.3, -0.25) is 4.68 Å². The summed E-state index contributed by atoms with van der Waals surface area (Å²) in [7, 11) is 1.93. The van der Waals surface area contributed by atoms with Gasteiger partial charge in [-0.25, -0.2) is 4.98 Å². The van der Waals surface area contributed by atoms with Gasteiger partial charge in [0.1, 0.15) is 0 Å². The predicted molar refractivity (Wildman–Crippen MR) is 82.9 cm³/mol. The molecule has 0 spiro atoms. The summed E-state index contributed by atoms with van der Waals surface area (Å²) in [6.07, 6.45) is 0.942. The monoisotopic (exact) mass is 269 g/mol. The molecule has 2 aromatic heterocycles. The number of pyridine rings is 1. The highest BCUT2D eigenvalue weighted by Gasteiger charge is 2.14. The molecule has 3 rings (SSSR count). The molecule has 20 heavy (non-hydrogen) atoms. The summed E-state index contributed by atoms with van der Waals surface area (Å²) in [6, 6.07) is 8.17. The van der Waals surface area contributed by atoms with E-state index in [2.05, 4.69) is 16.5 Å². The number of benzene rings is 1. The zero-order chi connectivity index (χ0) is 14.1. The van der Waals surface area contributed by atoms with E-state index in [0.29, 0.717) is 6.54 Å². The Kier molecular flexibility index (Phi) is 3.28. The fraction of sp³-hybridized carbons (Fsp3) is 0.333. The molecule has 5 heteroatoms. The van der Waals surface area contributed by atoms with Crippen molar-refractivity contribution in [3.8, 4) is 0 Å². The molecule has 5 nitrogen and oxygen atoms in total. The van der Waals surface area contributed by atoms with E-state index in [0.717, 1.165) is 46.3 Å². The molecular formula is C15H19N5. The van der Waals surface area contributed by atoms with Gasteiger partial charge in [0.05, 0.1) is 22.3 Å². The summed E-state index contributed by atoms with van der Waals surface area (Å²) < 4.78 is 1.84. The minimum absolute atomic E-state index is 0.686. The van der Waals surface area contributed by atoms with Gasteiger partial charge in [-0.05, 0) is 26.0 Å². The minimum atomic E-state index is 0.686. The smallest absolute Gasteiger partial charge is 0.160 e. The Balaban J connectivity index is 2.28. The van der Waals surface area contributed by atoms with E-state index in [-0.39, 0.29) is 0 Å².